The number of nitrogens with zero attached hydrogens (tertiary/aromatic N) is 2. The van der Waals surface area contributed by atoms with Gasteiger partial charge in [-0.05, 0) is 64.0 Å². The number of aromatic nitrogens is 1. The van der Waals surface area contributed by atoms with Crippen molar-refractivity contribution in [3.8, 4) is 5.75 Å². The van der Waals surface area contributed by atoms with Gasteiger partial charge >= 0.3 is 5.97 Å². The van der Waals surface area contributed by atoms with Crippen molar-refractivity contribution in [3.63, 3.8) is 0 Å². The van der Waals surface area contributed by atoms with E-state index < -0.39 is 5.97 Å². The second-order valence-electron chi connectivity index (χ2n) is 5.53. The van der Waals surface area contributed by atoms with E-state index in [2.05, 4.69) is 31.4 Å². The third-order valence-electron chi connectivity index (χ3n) is 3.53. The molecule has 0 bridgehead atoms. The summed E-state index contributed by atoms with van der Waals surface area (Å²) in [7, 11) is 0. The first kappa shape index (κ1) is 19.7. The van der Waals surface area contributed by atoms with Crippen LogP contribution in [-0.4, -0.2) is 23.1 Å². The van der Waals surface area contributed by atoms with Crippen molar-refractivity contribution in [1.29, 1.82) is 0 Å². The highest BCUT2D eigenvalue weighted by Crippen LogP contribution is 2.19. The minimum absolute atomic E-state index is 0.291. The molecule has 6 nitrogen and oxygen atoms in total. The molecule has 0 radical (unpaired) electrons. The fourth-order valence-corrected chi connectivity index (χ4v) is 2.75. The molecule has 1 heterocycles. The smallest absolute Gasteiger partial charge is 0.345 e. The number of hydrogen-bond acceptors (Lipinski definition) is 5. The van der Waals surface area contributed by atoms with Crippen molar-refractivity contribution in [1.82, 2.24) is 10.4 Å². The molecule has 0 aliphatic rings. The molecular formula is C20H13BrClN3O3. The van der Waals surface area contributed by atoms with Crippen molar-refractivity contribution in [2.75, 3.05) is 0 Å². The molecule has 1 amide bonds. The number of halogens is 2. The van der Waals surface area contributed by atoms with E-state index in [-0.39, 0.29) is 5.91 Å². The zero-order valence-electron chi connectivity index (χ0n) is 14.3. The number of carbonyl (C=O) groups excluding carboxylic acids is 2. The van der Waals surface area contributed by atoms with E-state index in [9.17, 15) is 9.59 Å². The van der Waals surface area contributed by atoms with E-state index in [4.69, 9.17) is 16.3 Å². The Morgan fingerprint density at radius 1 is 1.11 bits per heavy atom. The SMILES string of the molecule is O=C(N/N=C\c1ccc(OC(=O)c2ccccc2Cl)cc1)c1cncc(Br)c1. The Morgan fingerprint density at radius 2 is 1.86 bits per heavy atom. The van der Waals surface area contributed by atoms with Crippen LogP contribution >= 0.6 is 27.5 Å². The van der Waals surface area contributed by atoms with Crippen LogP contribution in [0.25, 0.3) is 0 Å². The highest BCUT2D eigenvalue weighted by molar-refractivity contribution is 9.10. The highest BCUT2D eigenvalue weighted by Gasteiger charge is 2.12. The van der Waals surface area contributed by atoms with E-state index in [1.807, 2.05) is 0 Å². The second-order valence-corrected chi connectivity index (χ2v) is 6.85. The normalized spacial score (nSPS) is 10.6. The molecule has 8 heteroatoms. The first-order valence-corrected chi connectivity index (χ1v) is 9.21. The fourth-order valence-electron chi connectivity index (χ4n) is 2.18. The van der Waals surface area contributed by atoms with Crippen LogP contribution in [-0.2, 0) is 0 Å². The van der Waals surface area contributed by atoms with Crippen LogP contribution in [0.3, 0.4) is 0 Å². The van der Waals surface area contributed by atoms with E-state index in [1.165, 1.54) is 12.4 Å². The van der Waals surface area contributed by atoms with Crippen LogP contribution in [0.2, 0.25) is 5.02 Å². The van der Waals surface area contributed by atoms with Crippen molar-refractivity contribution in [2.24, 2.45) is 5.10 Å². The van der Waals surface area contributed by atoms with Crippen LogP contribution in [0, 0.1) is 0 Å². The minimum atomic E-state index is -0.540. The van der Waals surface area contributed by atoms with Gasteiger partial charge in [-0.2, -0.15) is 5.10 Å². The van der Waals surface area contributed by atoms with E-state index in [0.29, 0.717) is 31.9 Å². The molecule has 0 unspecified atom stereocenters. The molecule has 2 aromatic carbocycles. The summed E-state index contributed by atoms with van der Waals surface area (Å²) in [6.07, 6.45) is 4.50. The van der Waals surface area contributed by atoms with Gasteiger partial charge in [0, 0.05) is 16.9 Å². The van der Waals surface area contributed by atoms with Gasteiger partial charge in [-0.3, -0.25) is 9.78 Å². The number of benzene rings is 2. The number of amides is 1. The van der Waals surface area contributed by atoms with Crippen molar-refractivity contribution < 1.29 is 14.3 Å². The number of carbonyl (C=O) groups is 2. The van der Waals surface area contributed by atoms with Crippen molar-refractivity contribution in [3.05, 3.63) is 93.2 Å². The van der Waals surface area contributed by atoms with Crippen molar-refractivity contribution in [2.45, 2.75) is 0 Å². The van der Waals surface area contributed by atoms with E-state index >= 15 is 0 Å². The molecule has 0 fully saturated rings. The highest BCUT2D eigenvalue weighted by atomic mass is 79.9. The Hall–Kier alpha value is -3.03. The molecule has 1 N–H and O–H groups in total. The Morgan fingerprint density at radius 3 is 2.57 bits per heavy atom. The van der Waals surface area contributed by atoms with Gasteiger partial charge in [0.1, 0.15) is 5.75 Å². The molecule has 140 valence electrons. The Labute approximate surface area is 174 Å². The third kappa shape index (κ3) is 5.25. The van der Waals surface area contributed by atoms with Gasteiger partial charge < -0.3 is 4.74 Å². The number of hydrazone groups is 1. The van der Waals surface area contributed by atoms with Gasteiger partial charge in [0.05, 0.1) is 22.4 Å². The third-order valence-corrected chi connectivity index (χ3v) is 4.29. The zero-order valence-corrected chi connectivity index (χ0v) is 16.6. The topological polar surface area (TPSA) is 80.6 Å². The Bertz CT molecular complexity index is 1040. The van der Waals surface area contributed by atoms with Gasteiger partial charge in [-0.15, -0.1) is 0 Å². The molecule has 1 aromatic heterocycles. The lowest BCUT2D eigenvalue weighted by atomic mass is 10.2. The van der Waals surface area contributed by atoms with Crippen LogP contribution in [0.4, 0.5) is 0 Å². The lowest BCUT2D eigenvalue weighted by Gasteiger charge is -2.06. The molecule has 0 atom stereocenters. The molecule has 0 aliphatic heterocycles. The molecule has 0 saturated carbocycles. The fraction of sp³-hybridized carbons (Fsp3) is 0. The Balaban J connectivity index is 1.58. The van der Waals surface area contributed by atoms with E-state index in [0.717, 1.165) is 0 Å². The summed E-state index contributed by atoms with van der Waals surface area (Å²) in [4.78, 5) is 28.0. The average molecular weight is 459 g/mol. The van der Waals surface area contributed by atoms with Crippen LogP contribution in [0.5, 0.6) is 5.75 Å². The average Bonchev–Trinajstić information content (AvgIpc) is 2.69. The molecule has 3 aromatic rings. The first-order chi connectivity index (χ1) is 13.5. The minimum Gasteiger partial charge on any atom is -0.423 e. The number of rotatable bonds is 5. The Kier molecular flexibility index (Phi) is 6.52. The summed E-state index contributed by atoms with van der Waals surface area (Å²) >= 11 is 9.24. The van der Waals surface area contributed by atoms with Crippen molar-refractivity contribution >= 4 is 45.6 Å². The number of ether oxygens (including phenoxy) is 1. The second kappa shape index (κ2) is 9.25. The van der Waals surface area contributed by atoms with Gasteiger partial charge in [-0.1, -0.05) is 23.7 Å². The summed E-state index contributed by atoms with van der Waals surface area (Å²) in [6.45, 7) is 0. The summed E-state index contributed by atoms with van der Waals surface area (Å²) in [6, 6.07) is 14.9. The molecule has 0 aliphatic carbocycles. The van der Waals surface area contributed by atoms with E-state index in [1.54, 1.807) is 60.8 Å². The largest absolute Gasteiger partial charge is 0.423 e. The zero-order chi connectivity index (χ0) is 19.9. The number of hydrogen-bond donors (Lipinski definition) is 1. The maximum absolute atomic E-state index is 12.1. The van der Waals surface area contributed by atoms with Crippen LogP contribution in [0.15, 0.2) is 76.6 Å². The molecule has 0 spiro atoms. The predicted molar refractivity (Wildman–Crippen MR) is 110 cm³/mol. The molecular weight excluding hydrogens is 446 g/mol. The van der Waals surface area contributed by atoms with Crippen LogP contribution in [0.1, 0.15) is 26.3 Å². The summed E-state index contributed by atoms with van der Waals surface area (Å²) in [5.41, 5.74) is 3.81. The lowest BCUT2D eigenvalue weighted by molar-refractivity contribution is 0.0734. The summed E-state index contributed by atoms with van der Waals surface area (Å²) < 4.78 is 6.00. The summed E-state index contributed by atoms with van der Waals surface area (Å²) in [5.74, 6) is -0.552. The quantitative estimate of drug-likeness (QED) is 0.264. The number of esters is 1. The van der Waals surface area contributed by atoms with Crippen LogP contribution < -0.4 is 10.2 Å². The number of pyridine rings is 1. The maximum Gasteiger partial charge on any atom is 0.345 e. The van der Waals surface area contributed by atoms with Gasteiger partial charge in [0.15, 0.2) is 0 Å². The standard InChI is InChI=1S/C20H13BrClN3O3/c21-15-9-14(11-23-12-15)19(26)25-24-10-13-5-7-16(8-6-13)28-20(27)17-3-1-2-4-18(17)22/h1-12H,(H,25,26)/b24-10-. The van der Waals surface area contributed by atoms with Gasteiger partial charge in [0.25, 0.3) is 5.91 Å². The molecule has 3 rings (SSSR count). The monoisotopic (exact) mass is 457 g/mol. The lowest BCUT2D eigenvalue weighted by Crippen LogP contribution is -2.17. The predicted octanol–water partition coefficient (Wildman–Crippen LogP) is 4.48. The maximum atomic E-state index is 12.1. The number of nitrogens with one attached hydrogen (secondary N) is 1. The van der Waals surface area contributed by atoms with Gasteiger partial charge in [0.2, 0.25) is 0 Å². The van der Waals surface area contributed by atoms with Gasteiger partial charge in [-0.25, -0.2) is 10.2 Å². The summed E-state index contributed by atoms with van der Waals surface area (Å²) in [5, 5.41) is 4.23. The first-order valence-electron chi connectivity index (χ1n) is 8.03. The molecule has 28 heavy (non-hydrogen) atoms. The molecule has 0 saturated heterocycles.